The van der Waals surface area contributed by atoms with Gasteiger partial charge in [0.2, 0.25) is 10.0 Å². The van der Waals surface area contributed by atoms with Crippen LogP contribution in [0.1, 0.15) is 31.2 Å². The molecule has 6 heteroatoms. The predicted molar refractivity (Wildman–Crippen MR) is 89.5 cm³/mol. The van der Waals surface area contributed by atoms with Crippen molar-refractivity contribution in [1.82, 2.24) is 9.21 Å². The third kappa shape index (κ3) is 3.65. The Kier molecular flexibility index (Phi) is 4.78. The van der Waals surface area contributed by atoms with Crippen LogP contribution in [0, 0.1) is 0 Å². The summed E-state index contributed by atoms with van der Waals surface area (Å²) in [5, 5.41) is 0.657. The molecule has 2 fully saturated rings. The van der Waals surface area contributed by atoms with E-state index in [2.05, 4.69) is 11.0 Å². The fourth-order valence-corrected chi connectivity index (χ4v) is 5.18. The van der Waals surface area contributed by atoms with Gasteiger partial charge in [-0.05, 0) is 43.4 Å². The van der Waals surface area contributed by atoms with Gasteiger partial charge in [0.25, 0.3) is 0 Å². The first-order valence-electron chi connectivity index (χ1n) is 7.90. The smallest absolute Gasteiger partial charge is 0.216 e. The van der Waals surface area contributed by atoms with Gasteiger partial charge in [0.05, 0.1) is 5.25 Å². The van der Waals surface area contributed by atoms with E-state index in [0.717, 1.165) is 50.3 Å². The van der Waals surface area contributed by atoms with Gasteiger partial charge in [-0.1, -0.05) is 23.7 Å². The lowest BCUT2D eigenvalue weighted by molar-refractivity contribution is 0.164. The molecule has 1 heterocycles. The van der Waals surface area contributed by atoms with E-state index in [0.29, 0.717) is 0 Å². The Bertz CT molecular complexity index is 623. The van der Waals surface area contributed by atoms with Gasteiger partial charge in [-0.2, -0.15) is 0 Å². The zero-order valence-electron chi connectivity index (χ0n) is 12.9. The van der Waals surface area contributed by atoms with Crippen LogP contribution >= 0.6 is 11.6 Å². The summed E-state index contributed by atoms with van der Waals surface area (Å²) in [5.74, 6) is 0. The Balaban J connectivity index is 1.54. The second kappa shape index (κ2) is 6.48. The largest absolute Gasteiger partial charge is 0.299 e. The van der Waals surface area contributed by atoms with Gasteiger partial charge in [0.15, 0.2) is 0 Å². The second-order valence-corrected chi connectivity index (χ2v) is 9.11. The molecule has 2 aliphatic rings. The van der Waals surface area contributed by atoms with Crippen molar-refractivity contribution in [3.8, 4) is 0 Å². The molecular formula is C16H23ClN2O2S. The van der Waals surface area contributed by atoms with E-state index in [1.807, 2.05) is 18.2 Å². The van der Waals surface area contributed by atoms with Crippen LogP contribution in [0.3, 0.4) is 0 Å². The van der Waals surface area contributed by atoms with E-state index in [1.54, 1.807) is 11.4 Å². The van der Waals surface area contributed by atoms with Gasteiger partial charge in [-0.25, -0.2) is 12.7 Å². The molecular weight excluding hydrogens is 320 g/mol. The molecule has 0 bridgehead atoms. The molecule has 0 aromatic heterocycles. The van der Waals surface area contributed by atoms with Crippen LogP contribution in [0.2, 0.25) is 5.02 Å². The molecule has 1 saturated carbocycles. The van der Waals surface area contributed by atoms with Gasteiger partial charge in [-0.3, -0.25) is 4.90 Å². The van der Waals surface area contributed by atoms with Gasteiger partial charge in [0, 0.05) is 37.7 Å². The highest BCUT2D eigenvalue weighted by Gasteiger charge is 2.41. The predicted octanol–water partition coefficient (Wildman–Crippen LogP) is 2.73. The van der Waals surface area contributed by atoms with Crippen molar-refractivity contribution in [3.63, 3.8) is 0 Å². The number of hydrogen-bond donors (Lipinski definition) is 0. The van der Waals surface area contributed by atoms with Crippen molar-refractivity contribution in [2.24, 2.45) is 0 Å². The molecule has 0 atom stereocenters. The number of benzene rings is 1. The Labute approximate surface area is 138 Å². The van der Waals surface area contributed by atoms with Gasteiger partial charge >= 0.3 is 0 Å². The van der Waals surface area contributed by atoms with Crippen molar-refractivity contribution in [2.45, 2.75) is 43.5 Å². The quantitative estimate of drug-likeness (QED) is 0.826. The van der Waals surface area contributed by atoms with Crippen LogP contribution in [0.25, 0.3) is 0 Å². The highest BCUT2D eigenvalue weighted by atomic mass is 35.5. The van der Waals surface area contributed by atoms with Gasteiger partial charge in [0.1, 0.15) is 0 Å². The van der Waals surface area contributed by atoms with Crippen molar-refractivity contribution in [3.05, 3.63) is 34.9 Å². The van der Waals surface area contributed by atoms with Crippen LogP contribution in [0.15, 0.2) is 24.3 Å². The topological polar surface area (TPSA) is 40.6 Å². The molecule has 0 amide bonds. The zero-order chi connectivity index (χ0) is 15.7. The monoisotopic (exact) mass is 342 g/mol. The molecule has 0 spiro atoms. The molecule has 22 heavy (non-hydrogen) atoms. The number of hydrogen-bond acceptors (Lipinski definition) is 3. The van der Waals surface area contributed by atoms with E-state index in [1.165, 1.54) is 5.56 Å². The first kappa shape index (κ1) is 16.2. The fraction of sp³-hybridized carbons (Fsp3) is 0.625. The molecule has 1 aromatic rings. The Hall–Kier alpha value is -0.620. The molecule has 0 N–H and O–H groups in total. The van der Waals surface area contributed by atoms with Crippen molar-refractivity contribution < 1.29 is 8.42 Å². The first-order valence-corrected chi connectivity index (χ1v) is 9.78. The van der Waals surface area contributed by atoms with Gasteiger partial charge < -0.3 is 0 Å². The summed E-state index contributed by atoms with van der Waals surface area (Å²) in [5.41, 5.74) is 1.21. The van der Waals surface area contributed by atoms with Crippen LogP contribution < -0.4 is 0 Å². The Morgan fingerprint density at radius 3 is 2.50 bits per heavy atom. The molecule has 1 aromatic carbocycles. The van der Waals surface area contributed by atoms with Crippen LogP contribution in [-0.2, 0) is 16.6 Å². The molecule has 3 rings (SSSR count). The van der Waals surface area contributed by atoms with Crippen LogP contribution in [0.4, 0.5) is 0 Å². The first-order chi connectivity index (χ1) is 10.5. The Morgan fingerprint density at radius 1 is 1.23 bits per heavy atom. The summed E-state index contributed by atoms with van der Waals surface area (Å²) < 4.78 is 26.2. The highest BCUT2D eigenvalue weighted by molar-refractivity contribution is 7.90. The number of likely N-dealkylation sites (tertiary alicyclic amines) is 1. The molecule has 122 valence electrons. The SMILES string of the molecule is CN(C1CCN(Cc2cccc(Cl)c2)CC1)S(=O)(=O)C1CC1. The highest BCUT2D eigenvalue weighted by Crippen LogP contribution is 2.32. The lowest BCUT2D eigenvalue weighted by Crippen LogP contribution is -2.46. The summed E-state index contributed by atoms with van der Waals surface area (Å²) in [7, 11) is -1.30. The average molecular weight is 343 g/mol. The molecule has 1 saturated heterocycles. The van der Waals surface area contributed by atoms with Crippen molar-refractivity contribution in [2.75, 3.05) is 20.1 Å². The second-order valence-electron chi connectivity index (χ2n) is 6.40. The summed E-state index contributed by atoms with van der Waals surface area (Å²) >= 11 is 6.02. The minimum Gasteiger partial charge on any atom is -0.299 e. The van der Waals surface area contributed by atoms with Crippen molar-refractivity contribution >= 4 is 21.6 Å². The fourth-order valence-electron chi connectivity index (χ4n) is 3.14. The lowest BCUT2D eigenvalue weighted by atomic mass is 10.0. The zero-order valence-corrected chi connectivity index (χ0v) is 14.5. The maximum absolute atomic E-state index is 12.3. The van der Waals surface area contributed by atoms with Gasteiger partial charge in [-0.15, -0.1) is 0 Å². The minimum absolute atomic E-state index is 0.109. The summed E-state index contributed by atoms with van der Waals surface area (Å²) in [4.78, 5) is 2.37. The summed E-state index contributed by atoms with van der Waals surface area (Å²) in [6, 6.07) is 8.09. The van der Waals surface area contributed by atoms with E-state index in [9.17, 15) is 8.42 Å². The maximum atomic E-state index is 12.3. The molecule has 1 aliphatic carbocycles. The number of sulfonamides is 1. The average Bonchev–Trinajstić information content (AvgIpc) is 3.32. The lowest BCUT2D eigenvalue weighted by Gasteiger charge is -2.36. The Morgan fingerprint density at radius 2 is 1.91 bits per heavy atom. The van der Waals surface area contributed by atoms with E-state index in [4.69, 9.17) is 11.6 Å². The van der Waals surface area contributed by atoms with Crippen LogP contribution in [-0.4, -0.2) is 49.1 Å². The number of halogens is 1. The molecule has 0 radical (unpaired) electrons. The maximum Gasteiger partial charge on any atom is 0.216 e. The number of piperidine rings is 1. The number of rotatable bonds is 5. The molecule has 0 unspecified atom stereocenters. The van der Waals surface area contributed by atoms with Crippen LogP contribution in [0.5, 0.6) is 0 Å². The third-order valence-electron chi connectivity index (χ3n) is 4.71. The molecule has 4 nitrogen and oxygen atoms in total. The summed E-state index contributed by atoms with van der Waals surface area (Å²) in [6.07, 6.45) is 3.48. The van der Waals surface area contributed by atoms with E-state index in [-0.39, 0.29) is 11.3 Å². The third-order valence-corrected chi connectivity index (χ3v) is 7.36. The summed E-state index contributed by atoms with van der Waals surface area (Å²) in [6.45, 7) is 2.75. The van der Waals surface area contributed by atoms with E-state index < -0.39 is 10.0 Å². The molecule has 1 aliphatic heterocycles. The minimum atomic E-state index is -3.05. The normalized spacial score (nSPS) is 21.4. The number of nitrogens with zero attached hydrogens (tertiary/aromatic N) is 2. The van der Waals surface area contributed by atoms with Crippen molar-refractivity contribution in [1.29, 1.82) is 0 Å². The standard InChI is InChI=1S/C16H23ClN2O2S/c1-18(22(20,21)16-5-6-16)15-7-9-19(10-8-15)12-13-3-2-4-14(17)11-13/h2-4,11,15-16H,5-10,12H2,1H3. The van der Waals surface area contributed by atoms with E-state index >= 15 is 0 Å².